The molecule has 0 aliphatic heterocycles. The Morgan fingerprint density at radius 1 is 1.15 bits per heavy atom. The SMILES string of the molecule is C=CCn1c(SCCOc2ccccc2Cl)nnc1-c1ccc(OC)cc1. The molecule has 27 heavy (non-hydrogen) atoms. The number of benzene rings is 2. The smallest absolute Gasteiger partial charge is 0.191 e. The quantitative estimate of drug-likeness (QED) is 0.288. The molecule has 0 saturated heterocycles. The molecule has 0 N–H and O–H groups in total. The molecule has 0 atom stereocenters. The van der Waals surface area contributed by atoms with E-state index in [0.29, 0.717) is 23.9 Å². The van der Waals surface area contributed by atoms with E-state index >= 15 is 0 Å². The van der Waals surface area contributed by atoms with Crippen molar-refractivity contribution >= 4 is 23.4 Å². The maximum absolute atomic E-state index is 6.10. The number of nitrogens with zero attached hydrogens (tertiary/aromatic N) is 3. The number of allylic oxidation sites excluding steroid dienone is 1. The molecule has 3 aromatic rings. The fraction of sp³-hybridized carbons (Fsp3) is 0.200. The summed E-state index contributed by atoms with van der Waals surface area (Å²) in [5.74, 6) is 3.02. The molecule has 0 fully saturated rings. The summed E-state index contributed by atoms with van der Waals surface area (Å²) in [4.78, 5) is 0. The molecule has 0 aliphatic rings. The van der Waals surface area contributed by atoms with Crippen LogP contribution in [0.1, 0.15) is 0 Å². The lowest BCUT2D eigenvalue weighted by molar-refractivity contribution is 0.344. The fourth-order valence-electron chi connectivity index (χ4n) is 2.49. The second-order valence-corrected chi connectivity index (χ2v) is 7.03. The zero-order valence-corrected chi connectivity index (χ0v) is 16.5. The Labute approximate surface area is 168 Å². The minimum atomic E-state index is 0.521. The second kappa shape index (κ2) is 9.48. The number of hydrogen-bond donors (Lipinski definition) is 0. The Balaban J connectivity index is 1.67. The number of methoxy groups -OCH3 is 1. The highest BCUT2D eigenvalue weighted by Crippen LogP contribution is 2.27. The van der Waals surface area contributed by atoms with Crippen LogP contribution in [0, 0.1) is 0 Å². The summed E-state index contributed by atoms with van der Waals surface area (Å²) in [6, 6.07) is 15.2. The molecule has 0 radical (unpaired) electrons. The lowest BCUT2D eigenvalue weighted by atomic mass is 10.2. The first-order chi connectivity index (χ1) is 13.2. The van der Waals surface area contributed by atoms with Crippen molar-refractivity contribution in [1.82, 2.24) is 14.8 Å². The summed E-state index contributed by atoms with van der Waals surface area (Å²) >= 11 is 7.69. The highest BCUT2D eigenvalue weighted by molar-refractivity contribution is 7.99. The van der Waals surface area contributed by atoms with Gasteiger partial charge in [-0.25, -0.2) is 0 Å². The van der Waals surface area contributed by atoms with Gasteiger partial charge in [-0.05, 0) is 36.4 Å². The van der Waals surface area contributed by atoms with Crippen molar-refractivity contribution in [1.29, 1.82) is 0 Å². The Morgan fingerprint density at radius 3 is 2.63 bits per heavy atom. The molecular formula is C20H20ClN3O2S. The number of halogens is 1. The van der Waals surface area contributed by atoms with E-state index in [-0.39, 0.29) is 0 Å². The summed E-state index contributed by atoms with van der Waals surface area (Å²) < 4.78 is 13.0. The molecular weight excluding hydrogens is 382 g/mol. The van der Waals surface area contributed by atoms with Crippen molar-refractivity contribution in [2.24, 2.45) is 0 Å². The highest BCUT2D eigenvalue weighted by Gasteiger charge is 2.13. The molecule has 0 spiro atoms. The fourth-order valence-corrected chi connectivity index (χ4v) is 3.44. The molecule has 0 aliphatic carbocycles. The molecule has 7 heteroatoms. The van der Waals surface area contributed by atoms with Gasteiger partial charge in [-0.1, -0.05) is 41.6 Å². The van der Waals surface area contributed by atoms with Crippen LogP contribution in [-0.4, -0.2) is 34.2 Å². The van der Waals surface area contributed by atoms with Crippen molar-refractivity contribution in [2.75, 3.05) is 19.5 Å². The molecule has 0 amide bonds. The molecule has 1 aromatic heterocycles. The van der Waals surface area contributed by atoms with Gasteiger partial charge >= 0.3 is 0 Å². The molecule has 3 rings (SSSR count). The van der Waals surface area contributed by atoms with Crippen molar-refractivity contribution in [3.63, 3.8) is 0 Å². The van der Waals surface area contributed by atoms with Gasteiger partial charge in [0, 0.05) is 17.9 Å². The Hall–Kier alpha value is -2.44. The number of hydrogen-bond acceptors (Lipinski definition) is 5. The van der Waals surface area contributed by atoms with Gasteiger partial charge in [-0.3, -0.25) is 4.57 Å². The van der Waals surface area contributed by atoms with Crippen molar-refractivity contribution in [3.8, 4) is 22.9 Å². The van der Waals surface area contributed by atoms with Crippen LogP contribution in [0.25, 0.3) is 11.4 Å². The molecule has 0 bridgehead atoms. The monoisotopic (exact) mass is 401 g/mol. The van der Waals surface area contributed by atoms with Crippen LogP contribution in [0.5, 0.6) is 11.5 Å². The zero-order valence-electron chi connectivity index (χ0n) is 15.0. The van der Waals surface area contributed by atoms with Gasteiger partial charge in [-0.15, -0.1) is 16.8 Å². The summed E-state index contributed by atoms with van der Waals surface area (Å²) in [5.41, 5.74) is 0.976. The first kappa shape index (κ1) is 19.3. The highest BCUT2D eigenvalue weighted by atomic mass is 35.5. The zero-order chi connectivity index (χ0) is 19.1. The van der Waals surface area contributed by atoms with E-state index in [1.54, 1.807) is 18.9 Å². The van der Waals surface area contributed by atoms with Crippen LogP contribution in [0.3, 0.4) is 0 Å². The van der Waals surface area contributed by atoms with E-state index in [1.165, 1.54) is 0 Å². The van der Waals surface area contributed by atoms with Gasteiger partial charge < -0.3 is 9.47 Å². The van der Waals surface area contributed by atoms with Crippen LogP contribution < -0.4 is 9.47 Å². The van der Waals surface area contributed by atoms with Gasteiger partial charge in [0.25, 0.3) is 0 Å². The molecule has 5 nitrogen and oxygen atoms in total. The van der Waals surface area contributed by atoms with Gasteiger partial charge in [-0.2, -0.15) is 0 Å². The summed E-state index contributed by atoms with van der Waals surface area (Å²) in [5, 5.41) is 10.1. The van der Waals surface area contributed by atoms with Crippen LogP contribution >= 0.6 is 23.4 Å². The predicted molar refractivity (Wildman–Crippen MR) is 110 cm³/mol. The predicted octanol–water partition coefficient (Wildman–Crippen LogP) is 4.96. The lowest BCUT2D eigenvalue weighted by Gasteiger charge is -2.09. The summed E-state index contributed by atoms with van der Waals surface area (Å²) in [7, 11) is 1.65. The largest absolute Gasteiger partial charge is 0.497 e. The molecule has 140 valence electrons. The average molecular weight is 402 g/mol. The number of rotatable bonds is 9. The molecule has 0 unspecified atom stereocenters. The van der Waals surface area contributed by atoms with Gasteiger partial charge in [0.2, 0.25) is 0 Å². The summed E-state index contributed by atoms with van der Waals surface area (Å²) in [6.07, 6.45) is 1.83. The molecule has 0 saturated carbocycles. The van der Waals surface area contributed by atoms with E-state index in [1.807, 2.05) is 59.2 Å². The van der Waals surface area contributed by atoms with Crippen LogP contribution in [0.15, 0.2) is 66.3 Å². The van der Waals surface area contributed by atoms with Crippen molar-refractivity contribution < 1.29 is 9.47 Å². The minimum Gasteiger partial charge on any atom is -0.497 e. The molecule has 2 aromatic carbocycles. The topological polar surface area (TPSA) is 49.2 Å². The first-order valence-electron chi connectivity index (χ1n) is 8.41. The Morgan fingerprint density at radius 2 is 1.93 bits per heavy atom. The molecule has 1 heterocycles. The standard InChI is InChI=1S/C20H20ClN3O2S/c1-3-12-24-19(15-8-10-16(25-2)11-9-15)22-23-20(24)27-14-13-26-18-7-5-4-6-17(18)21/h3-11H,1,12-14H2,2H3. The van der Waals surface area contributed by atoms with Gasteiger partial charge in [0.05, 0.1) is 18.7 Å². The minimum absolute atomic E-state index is 0.521. The average Bonchev–Trinajstić information content (AvgIpc) is 3.09. The third-order valence-electron chi connectivity index (χ3n) is 3.79. The van der Waals surface area contributed by atoms with Crippen molar-refractivity contribution in [2.45, 2.75) is 11.7 Å². The normalized spacial score (nSPS) is 10.6. The number of ether oxygens (including phenoxy) is 2. The van der Waals surface area contributed by atoms with Crippen LogP contribution in [0.2, 0.25) is 5.02 Å². The van der Waals surface area contributed by atoms with E-state index in [9.17, 15) is 0 Å². The Bertz CT molecular complexity index is 896. The third kappa shape index (κ3) is 4.84. The summed E-state index contributed by atoms with van der Waals surface area (Å²) in [6.45, 7) is 4.99. The number of aromatic nitrogens is 3. The van der Waals surface area contributed by atoms with Crippen LogP contribution in [-0.2, 0) is 6.54 Å². The Kier molecular flexibility index (Phi) is 6.79. The van der Waals surface area contributed by atoms with Crippen LogP contribution in [0.4, 0.5) is 0 Å². The maximum Gasteiger partial charge on any atom is 0.191 e. The maximum atomic E-state index is 6.10. The van der Waals surface area contributed by atoms with Gasteiger partial charge in [0.1, 0.15) is 11.5 Å². The van der Waals surface area contributed by atoms with E-state index in [0.717, 1.165) is 28.0 Å². The lowest BCUT2D eigenvalue weighted by Crippen LogP contribution is -2.04. The third-order valence-corrected chi connectivity index (χ3v) is 5.03. The first-order valence-corrected chi connectivity index (χ1v) is 9.78. The van der Waals surface area contributed by atoms with Gasteiger partial charge in [0.15, 0.2) is 11.0 Å². The van der Waals surface area contributed by atoms with E-state index in [2.05, 4.69) is 16.8 Å². The van der Waals surface area contributed by atoms with E-state index in [4.69, 9.17) is 21.1 Å². The number of thioether (sulfide) groups is 1. The van der Waals surface area contributed by atoms with Crippen molar-refractivity contribution in [3.05, 3.63) is 66.2 Å². The number of para-hydroxylation sites is 1. The van der Waals surface area contributed by atoms with E-state index < -0.39 is 0 Å². The second-order valence-electron chi connectivity index (χ2n) is 5.56.